The van der Waals surface area contributed by atoms with Crippen molar-refractivity contribution in [1.29, 1.82) is 0 Å². The van der Waals surface area contributed by atoms with E-state index < -0.39 is 53.7 Å². The standard InChI is InChI=1S/C29H29ClN4O10S/c1-15(35)40-14-23-24(41-16(2)36)25(42-17(3)37)26(43-18(4)38)28(44-23)45-29-33-32-27(19-8-6-5-7-9-19)34(29)31-13-20-12-21(30)10-11-22(20)39/h5-13,23-26,28,39H,14H2,1-4H3/b31-13+/t23-,24-,25+,26-,28+/m0/s1. The molecule has 0 saturated carbocycles. The Bertz CT molecular complexity index is 1580. The van der Waals surface area contributed by atoms with E-state index in [0.29, 0.717) is 22.0 Å². The van der Waals surface area contributed by atoms with E-state index in [-0.39, 0.29) is 17.5 Å². The number of aromatic nitrogens is 3. The molecule has 0 bridgehead atoms. The molecule has 0 unspecified atom stereocenters. The van der Waals surface area contributed by atoms with Crippen molar-refractivity contribution in [2.24, 2.45) is 5.10 Å². The number of thioether (sulfide) groups is 1. The number of ether oxygens (including phenoxy) is 5. The molecule has 16 heteroatoms. The molecule has 1 saturated heterocycles. The summed E-state index contributed by atoms with van der Waals surface area (Å²) >= 11 is 7.01. The van der Waals surface area contributed by atoms with E-state index in [2.05, 4.69) is 15.3 Å². The molecule has 238 valence electrons. The van der Waals surface area contributed by atoms with Crippen LogP contribution >= 0.6 is 23.4 Å². The maximum absolute atomic E-state index is 12.2. The lowest BCUT2D eigenvalue weighted by Crippen LogP contribution is -2.61. The van der Waals surface area contributed by atoms with E-state index in [0.717, 1.165) is 32.5 Å². The van der Waals surface area contributed by atoms with Gasteiger partial charge in [-0.2, -0.15) is 9.78 Å². The molecule has 45 heavy (non-hydrogen) atoms. The van der Waals surface area contributed by atoms with Crippen LogP contribution in [0.3, 0.4) is 0 Å². The molecule has 1 aliphatic heterocycles. The number of halogens is 1. The fourth-order valence-corrected chi connectivity index (χ4v) is 5.60. The van der Waals surface area contributed by atoms with Crippen molar-refractivity contribution in [3.63, 3.8) is 0 Å². The van der Waals surface area contributed by atoms with Gasteiger partial charge in [0.2, 0.25) is 5.16 Å². The molecule has 0 spiro atoms. The number of hydrogen-bond acceptors (Lipinski definition) is 14. The van der Waals surface area contributed by atoms with Crippen LogP contribution < -0.4 is 0 Å². The molecule has 1 N–H and O–H groups in total. The Morgan fingerprint density at radius 2 is 1.58 bits per heavy atom. The van der Waals surface area contributed by atoms with Crippen LogP contribution in [0.25, 0.3) is 11.4 Å². The van der Waals surface area contributed by atoms with Crippen molar-refractivity contribution in [1.82, 2.24) is 14.9 Å². The fourth-order valence-electron chi connectivity index (χ4n) is 4.35. The van der Waals surface area contributed by atoms with Crippen LogP contribution in [0.15, 0.2) is 58.8 Å². The molecular weight excluding hydrogens is 632 g/mol. The summed E-state index contributed by atoms with van der Waals surface area (Å²) in [6, 6.07) is 13.4. The van der Waals surface area contributed by atoms with Crippen molar-refractivity contribution in [2.75, 3.05) is 6.61 Å². The lowest BCUT2D eigenvalue weighted by Gasteiger charge is -2.43. The van der Waals surface area contributed by atoms with Gasteiger partial charge in [-0.25, -0.2) is 0 Å². The molecule has 1 aliphatic rings. The van der Waals surface area contributed by atoms with Gasteiger partial charge in [-0.05, 0) is 30.0 Å². The lowest BCUT2D eigenvalue weighted by molar-refractivity contribution is -0.237. The third-order valence-electron chi connectivity index (χ3n) is 6.12. The average molecular weight is 661 g/mol. The Balaban J connectivity index is 1.80. The summed E-state index contributed by atoms with van der Waals surface area (Å²) in [5.41, 5.74) is -0.226. The minimum Gasteiger partial charge on any atom is -0.507 e. The highest BCUT2D eigenvalue weighted by Gasteiger charge is 2.53. The topological polar surface area (TPSA) is 178 Å². The predicted octanol–water partition coefficient (Wildman–Crippen LogP) is 3.36. The molecule has 3 aromatic rings. The second-order valence-corrected chi connectivity index (χ2v) is 11.1. The smallest absolute Gasteiger partial charge is 0.303 e. The molecule has 1 fully saturated rings. The third-order valence-corrected chi connectivity index (χ3v) is 7.43. The average Bonchev–Trinajstić information content (AvgIpc) is 3.37. The van der Waals surface area contributed by atoms with Gasteiger partial charge in [-0.3, -0.25) is 19.2 Å². The first kappa shape index (κ1) is 33.4. The summed E-state index contributed by atoms with van der Waals surface area (Å²) in [4.78, 5) is 48.1. The van der Waals surface area contributed by atoms with Crippen LogP contribution in [0, 0.1) is 0 Å². The minimum absolute atomic E-state index is 0.0775. The zero-order valence-electron chi connectivity index (χ0n) is 24.5. The van der Waals surface area contributed by atoms with Gasteiger partial charge >= 0.3 is 23.9 Å². The summed E-state index contributed by atoms with van der Waals surface area (Å²) < 4.78 is 29.2. The molecule has 5 atom stereocenters. The Labute approximate surface area is 266 Å². The van der Waals surface area contributed by atoms with E-state index in [9.17, 15) is 24.3 Å². The van der Waals surface area contributed by atoms with Crippen LogP contribution in [0.1, 0.15) is 33.3 Å². The van der Waals surface area contributed by atoms with Gasteiger partial charge in [-0.1, -0.05) is 41.9 Å². The van der Waals surface area contributed by atoms with Crippen molar-refractivity contribution in [3.8, 4) is 17.1 Å². The van der Waals surface area contributed by atoms with Crippen LogP contribution in [0.5, 0.6) is 5.75 Å². The number of carbonyl (C=O) groups is 4. The van der Waals surface area contributed by atoms with Gasteiger partial charge in [0.15, 0.2) is 29.6 Å². The maximum atomic E-state index is 12.2. The van der Waals surface area contributed by atoms with E-state index in [4.69, 9.17) is 35.3 Å². The molecule has 0 aliphatic carbocycles. The van der Waals surface area contributed by atoms with Crippen LogP contribution in [-0.2, 0) is 42.9 Å². The molecule has 1 aromatic heterocycles. The molecule has 0 amide bonds. The van der Waals surface area contributed by atoms with Gasteiger partial charge in [0.05, 0.1) is 6.21 Å². The number of esters is 4. The molecule has 4 rings (SSSR count). The summed E-state index contributed by atoms with van der Waals surface area (Å²) in [6.07, 6.45) is -3.80. The fraction of sp³-hybridized carbons (Fsp3) is 0.345. The Morgan fingerprint density at radius 1 is 0.933 bits per heavy atom. The highest BCUT2D eigenvalue weighted by molar-refractivity contribution is 7.99. The van der Waals surface area contributed by atoms with E-state index in [1.165, 1.54) is 36.0 Å². The van der Waals surface area contributed by atoms with Gasteiger partial charge < -0.3 is 28.8 Å². The van der Waals surface area contributed by atoms with Crippen molar-refractivity contribution >= 4 is 53.5 Å². The molecule has 0 radical (unpaired) electrons. The largest absolute Gasteiger partial charge is 0.507 e. The third kappa shape index (κ3) is 8.80. The van der Waals surface area contributed by atoms with Gasteiger partial charge in [0.25, 0.3) is 0 Å². The Kier molecular flexibility index (Phi) is 11.1. The second-order valence-electron chi connectivity index (χ2n) is 9.62. The van der Waals surface area contributed by atoms with Gasteiger partial charge in [0.1, 0.15) is 18.5 Å². The molecule has 2 aromatic carbocycles. The number of phenols is 1. The number of nitrogens with zero attached hydrogens (tertiary/aromatic N) is 4. The number of carbonyl (C=O) groups excluding carboxylic acids is 4. The molecule has 14 nitrogen and oxygen atoms in total. The minimum atomic E-state index is -1.36. The van der Waals surface area contributed by atoms with Gasteiger partial charge in [0, 0.05) is 43.8 Å². The van der Waals surface area contributed by atoms with Crippen LogP contribution in [0.2, 0.25) is 5.02 Å². The summed E-state index contributed by atoms with van der Waals surface area (Å²) in [5, 5.41) is 23.9. The first-order valence-corrected chi connectivity index (χ1v) is 14.7. The quantitative estimate of drug-likeness (QED) is 0.190. The number of aromatic hydroxyl groups is 1. The Hall–Kier alpha value is -4.47. The summed E-state index contributed by atoms with van der Waals surface area (Å²) in [7, 11) is 0. The summed E-state index contributed by atoms with van der Waals surface area (Å²) in [6.45, 7) is 4.22. The first-order valence-electron chi connectivity index (χ1n) is 13.4. The SMILES string of the molecule is CC(=O)OC[C@@H]1O[C@H](Sc2nnc(-c3ccccc3)n2/N=C/c2cc(Cl)ccc2O)[C@@H](OC(C)=O)[C@H](OC(C)=O)[C@H]1OC(C)=O. The molecular formula is C29H29ClN4O10S. The Morgan fingerprint density at radius 3 is 2.22 bits per heavy atom. The van der Waals surface area contributed by atoms with E-state index >= 15 is 0 Å². The normalized spacial score (nSPS) is 21.2. The van der Waals surface area contributed by atoms with Crippen molar-refractivity contribution in [3.05, 3.63) is 59.1 Å². The number of hydrogen-bond donors (Lipinski definition) is 1. The predicted molar refractivity (Wildman–Crippen MR) is 159 cm³/mol. The number of phenolic OH excluding ortho intramolecular Hbond substituents is 1. The first-order chi connectivity index (χ1) is 21.4. The zero-order chi connectivity index (χ0) is 32.7. The van der Waals surface area contributed by atoms with Crippen LogP contribution in [-0.4, -0.2) is 86.5 Å². The highest BCUT2D eigenvalue weighted by Crippen LogP contribution is 2.38. The molecule has 2 heterocycles. The highest BCUT2D eigenvalue weighted by atomic mass is 35.5. The van der Waals surface area contributed by atoms with E-state index in [1.54, 1.807) is 24.3 Å². The second kappa shape index (κ2) is 15.0. The van der Waals surface area contributed by atoms with Crippen molar-refractivity contribution in [2.45, 2.75) is 62.7 Å². The van der Waals surface area contributed by atoms with Crippen molar-refractivity contribution < 1.29 is 48.0 Å². The number of benzene rings is 2. The lowest BCUT2D eigenvalue weighted by atomic mass is 9.99. The van der Waals surface area contributed by atoms with Crippen LogP contribution in [0.4, 0.5) is 0 Å². The number of rotatable bonds is 10. The summed E-state index contributed by atoms with van der Waals surface area (Å²) in [5.74, 6) is -2.65. The monoisotopic (exact) mass is 660 g/mol. The zero-order valence-corrected chi connectivity index (χ0v) is 26.1. The van der Waals surface area contributed by atoms with E-state index in [1.807, 2.05) is 6.07 Å². The van der Waals surface area contributed by atoms with Gasteiger partial charge in [-0.15, -0.1) is 10.2 Å². The maximum Gasteiger partial charge on any atom is 0.303 e.